The highest BCUT2D eigenvalue weighted by molar-refractivity contribution is 14.1. The molecule has 5 aromatic rings. The number of aromatic nitrogens is 2. The van der Waals surface area contributed by atoms with Crippen LogP contribution in [0.2, 0.25) is 0 Å². The number of unbranched alkanes of at least 4 members (excludes halogenated alkanes) is 2. The first-order chi connectivity index (χ1) is 32.2. The van der Waals surface area contributed by atoms with Crippen LogP contribution in [0.25, 0.3) is 10.8 Å². The number of ether oxygens (including phenoxy) is 4. The van der Waals surface area contributed by atoms with Crippen LogP contribution in [-0.2, 0) is 14.2 Å². The van der Waals surface area contributed by atoms with Crippen LogP contribution in [0.1, 0.15) is 118 Å². The van der Waals surface area contributed by atoms with Crippen LogP contribution in [0.5, 0.6) is 5.75 Å². The Balaban J connectivity index is 0.000000226. The van der Waals surface area contributed by atoms with Crippen molar-refractivity contribution in [2.45, 2.75) is 111 Å². The van der Waals surface area contributed by atoms with Gasteiger partial charge in [0, 0.05) is 25.4 Å². The summed E-state index contributed by atoms with van der Waals surface area (Å²) in [6, 6.07) is 29.1. The number of anilines is 1. The SMILES string of the molecule is CCCCC(CC)COC(=O)c1ccccc1C(=O)OCC(CC)CCCC.Cc1cccc(N(C)C(=S)Oc2ccc3ccccc3c2)c1.O=c1[nH]c(=O)n(C2C[C@H](O)[C@@H](CO)O2)cc1I. The number of benzene rings is 4. The minimum Gasteiger partial charge on any atom is -0.462 e. The number of halogens is 1. The number of aromatic amines is 1. The number of fused-ring (bicyclic) bond motifs is 1. The van der Waals surface area contributed by atoms with Gasteiger partial charge in [-0.05, 0) is 119 Å². The minimum atomic E-state index is -0.818. The van der Waals surface area contributed by atoms with Gasteiger partial charge < -0.3 is 34.1 Å². The number of hydrogen-bond acceptors (Lipinski definition) is 11. The Bertz CT molecular complexity index is 2430. The minimum absolute atomic E-state index is 0.202. The van der Waals surface area contributed by atoms with E-state index in [1.165, 1.54) is 21.7 Å². The Kier molecular flexibility index (Phi) is 23.2. The average Bonchev–Trinajstić information content (AvgIpc) is 3.72. The van der Waals surface area contributed by atoms with Gasteiger partial charge in [0.15, 0.2) is 0 Å². The summed E-state index contributed by atoms with van der Waals surface area (Å²) in [4.78, 5) is 51.9. The molecule has 0 aliphatic carbocycles. The highest BCUT2D eigenvalue weighted by atomic mass is 127. The topological polar surface area (TPSA) is 170 Å². The van der Waals surface area contributed by atoms with E-state index in [0.717, 1.165) is 68.2 Å². The second kappa shape index (κ2) is 28.4. The number of hydrogen-bond donors (Lipinski definition) is 3. The Morgan fingerprint density at radius 1 is 0.851 bits per heavy atom. The standard InChI is InChI=1S/C24H38O4.C19H17NOS.C9H11IN2O5/c1-5-9-13-19(7-3)17-27-23(25)21-15-11-12-16-22(21)24(26)28-18-20(8-4)14-10-6-2;1-14-6-5-9-17(12-14)20(2)19(22)21-18-11-10-15-7-3-4-8-16(15)13-18;10-4-2-12(9(16)11-8(4)15)7-1-5(14)6(3-13)17-7/h11-12,15-16,19-20H,5-10,13-14,17-18H2,1-4H3;3-13H,1-2H3;2,5-7,13-14H,1,3H2,(H,11,15,16)/t;;5-,6+,7?/m..0/s1. The van der Waals surface area contributed by atoms with Crippen molar-refractivity contribution >= 4 is 68.4 Å². The van der Waals surface area contributed by atoms with Gasteiger partial charge in [0.25, 0.3) is 10.7 Å². The molecule has 67 heavy (non-hydrogen) atoms. The fraction of sp³-hybridized carbons (Fsp3) is 0.442. The number of H-pyrrole nitrogens is 1. The van der Waals surface area contributed by atoms with E-state index in [9.17, 15) is 24.3 Å². The second-order valence-corrected chi connectivity index (χ2v) is 18.1. The van der Waals surface area contributed by atoms with Crippen molar-refractivity contribution in [1.29, 1.82) is 0 Å². The third kappa shape index (κ3) is 17.0. The maximum absolute atomic E-state index is 12.6. The molecule has 0 bridgehead atoms. The lowest BCUT2D eigenvalue weighted by Gasteiger charge is -2.20. The summed E-state index contributed by atoms with van der Waals surface area (Å²) in [6.45, 7) is 11.1. The number of rotatable bonds is 18. The van der Waals surface area contributed by atoms with Crippen molar-refractivity contribution in [1.82, 2.24) is 9.55 Å². The lowest BCUT2D eigenvalue weighted by atomic mass is 10.0. The number of carbonyl (C=O) groups is 2. The summed E-state index contributed by atoms with van der Waals surface area (Å²) < 4.78 is 23.8. The van der Waals surface area contributed by atoms with Crippen LogP contribution >= 0.6 is 34.8 Å². The van der Waals surface area contributed by atoms with E-state index < -0.39 is 41.6 Å². The van der Waals surface area contributed by atoms with Crippen molar-refractivity contribution in [3.05, 3.63) is 138 Å². The molecule has 1 fully saturated rings. The number of aryl methyl sites for hydroxylation is 1. The van der Waals surface area contributed by atoms with Gasteiger partial charge in [-0.25, -0.2) is 14.4 Å². The zero-order valence-corrected chi connectivity index (χ0v) is 42.4. The van der Waals surface area contributed by atoms with Gasteiger partial charge in [0.2, 0.25) is 0 Å². The van der Waals surface area contributed by atoms with Gasteiger partial charge >= 0.3 is 17.6 Å². The van der Waals surface area contributed by atoms with E-state index >= 15 is 0 Å². The average molecular weight is 1050 g/mol. The molecule has 0 spiro atoms. The summed E-state index contributed by atoms with van der Waals surface area (Å²) in [6.07, 6.45) is 8.00. The third-order valence-electron chi connectivity index (χ3n) is 11.6. The van der Waals surface area contributed by atoms with E-state index in [0.29, 0.717) is 44.9 Å². The smallest absolute Gasteiger partial charge is 0.339 e. The molecule has 0 radical (unpaired) electrons. The molecule has 3 unspecified atom stereocenters. The molecule has 0 amide bonds. The van der Waals surface area contributed by atoms with Crippen molar-refractivity contribution in [3.63, 3.8) is 0 Å². The number of nitrogens with zero attached hydrogens (tertiary/aromatic N) is 2. The highest BCUT2D eigenvalue weighted by Gasteiger charge is 2.35. The Morgan fingerprint density at radius 3 is 1.97 bits per heavy atom. The Labute approximate surface area is 412 Å². The van der Waals surface area contributed by atoms with E-state index in [1.807, 2.05) is 54.4 Å². The summed E-state index contributed by atoms with van der Waals surface area (Å²) in [5, 5.41) is 21.3. The van der Waals surface area contributed by atoms with Crippen molar-refractivity contribution < 1.29 is 38.7 Å². The molecule has 2 heterocycles. The number of aliphatic hydroxyl groups is 2. The van der Waals surface area contributed by atoms with Crippen molar-refractivity contribution in [3.8, 4) is 5.75 Å². The maximum Gasteiger partial charge on any atom is 0.339 e. The number of nitrogens with one attached hydrogen (secondary N) is 1. The van der Waals surface area contributed by atoms with Crippen LogP contribution in [0.4, 0.5) is 5.69 Å². The normalized spacial score (nSPS) is 16.1. The maximum atomic E-state index is 12.6. The zero-order chi connectivity index (χ0) is 48.9. The molecule has 4 aromatic carbocycles. The molecule has 362 valence electrons. The van der Waals surface area contributed by atoms with Crippen LogP contribution in [-0.4, -0.2) is 76.0 Å². The Hall–Kier alpha value is -4.94. The summed E-state index contributed by atoms with van der Waals surface area (Å²) in [5.74, 6) is 0.600. The first kappa shape index (κ1) is 54.7. The van der Waals surface area contributed by atoms with Gasteiger partial charge in [0.1, 0.15) is 18.1 Å². The zero-order valence-electron chi connectivity index (χ0n) is 39.5. The highest BCUT2D eigenvalue weighted by Crippen LogP contribution is 2.28. The second-order valence-electron chi connectivity index (χ2n) is 16.6. The van der Waals surface area contributed by atoms with Gasteiger partial charge in [-0.1, -0.05) is 121 Å². The molecular formula is C52H66IN3O10S. The quantitative estimate of drug-likeness (QED) is 0.0432. The molecule has 0 saturated carbocycles. The predicted molar refractivity (Wildman–Crippen MR) is 276 cm³/mol. The van der Waals surface area contributed by atoms with Crippen LogP contribution in [0.3, 0.4) is 0 Å². The molecule has 15 heteroatoms. The van der Waals surface area contributed by atoms with Gasteiger partial charge in [0.05, 0.1) is 40.6 Å². The molecule has 1 aliphatic rings. The molecule has 1 aromatic heterocycles. The summed E-state index contributed by atoms with van der Waals surface area (Å²) in [7, 11) is 1.91. The third-order valence-corrected chi connectivity index (χ3v) is 12.7. The fourth-order valence-corrected chi connectivity index (χ4v) is 7.88. The van der Waals surface area contributed by atoms with E-state index in [-0.39, 0.29) is 13.0 Å². The number of thiocarbonyl (C=S) groups is 1. The van der Waals surface area contributed by atoms with E-state index in [1.54, 1.807) is 46.9 Å². The van der Waals surface area contributed by atoms with Gasteiger partial charge in [-0.2, -0.15) is 0 Å². The first-order valence-electron chi connectivity index (χ1n) is 23.1. The number of carbonyl (C=O) groups excluding carboxylic acids is 2. The fourth-order valence-electron chi connectivity index (χ4n) is 7.24. The van der Waals surface area contributed by atoms with Crippen molar-refractivity contribution in [2.24, 2.45) is 11.8 Å². The molecule has 1 aliphatic heterocycles. The van der Waals surface area contributed by atoms with Crippen LogP contribution in [0, 0.1) is 22.3 Å². The molecule has 3 N–H and O–H groups in total. The van der Waals surface area contributed by atoms with E-state index in [4.69, 9.17) is 36.3 Å². The lowest BCUT2D eigenvalue weighted by molar-refractivity contribution is -0.0459. The molecule has 5 atom stereocenters. The monoisotopic (exact) mass is 1050 g/mol. The summed E-state index contributed by atoms with van der Waals surface area (Å²) in [5.41, 5.74) is 1.75. The molecule has 1 saturated heterocycles. The largest absolute Gasteiger partial charge is 0.462 e. The molecule has 6 rings (SSSR count). The van der Waals surface area contributed by atoms with Gasteiger partial charge in [-0.3, -0.25) is 14.3 Å². The first-order valence-corrected chi connectivity index (χ1v) is 24.6. The number of aliphatic hydroxyl groups excluding tert-OH is 2. The number of esters is 2. The molecular weight excluding hydrogens is 986 g/mol. The summed E-state index contributed by atoms with van der Waals surface area (Å²) >= 11 is 7.21. The van der Waals surface area contributed by atoms with Gasteiger partial charge in [-0.15, -0.1) is 0 Å². The lowest BCUT2D eigenvalue weighted by Crippen LogP contribution is -2.33. The van der Waals surface area contributed by atoms with Crippen molar-refractivity contribution in [2.75, 3.05) is 31.8 Å². The van der Waals surface area contributed by atoms with Crippen LogP contribution in [0.15, 0.2) is 107 Å². The predicted octanol–water partition coefficient (Wildman–Crippen LogP) is 10.2. The van der Waals surface area contributed by atoms with Crippen LogP contribution < -0.4 is 20.9 Å². The van der Waals surface area contributed by atoms with E-state index in [2.05, 4.69) is 63.9 Å². The Morgan fingerprint density at radius 2 is 1.43 bits per heavy atom. The molecule has 13 nitrogen and oxygen atoms in total.